The summed E-state index contributed by atoms with van der Waals surface area (Å²) in [4.78, 5) is 28.2. The van der Waals surface area contributed by atoms with E-state index in [4.69, 9.17) is 32.7 Å². The molecule has 0 radical (unpaired) electrons. The van der Waals surface area contributed by atoms with Crippen molar-refractivity contribution in [3.63, 3.8) is 0 Å². The van der Waals surface area contributed by atoms with Gasteiger partial charge in [-0.1, -0.05) is 42.1 Å². The lowest BCUT2D eigenvalue weighted by Gasteiger charge is -2.32. The predicted molar refractivity (Wildman–Crippen MR) is 142 cm³/mol. The Labute approximate surface area is 226 Å². The molecule has 0 aromatic heterocycles. The average Bonchev–Trinajstić information content (AvgIpc) is 3.52. The molecular weight excluding hydrogens is 541 g/mol. The Morgan fingerprint density at radius 1 is 1.08 bits per heavy atom. The van der Waals surface area contributed by atoms with E-state index in [0.717, 1.165) is 36.2 Å². The first-order valence-electron chi connectivity index (χ1n) is 11.9. The standard InChI is InChI=1S/C25H29Cl2N3O6S/c1-16(25(32)28-19-5-3-4-6-19)29(13-17-7-8-18(26)11-21(17)27)24(31)14-30(37(2,33)34)20-9-10-22-23(12-20)36-15-35-22/h7-12,16,19H,3-6,13-15H2,1-2H3,(H,28,32)/t16-/m1/s1. The molecule has 1 heterocycles. The lowest BCUT2D eigenvalue weighted by molar-refractivity contribution is -0.139. The highest BCUT2D eigenvalue weighted by Gasteiger charge is 2.32. The fourth-order valence-electron chi connectivity index (χ4n) is 4.46. The molecule has 37 heavy (non-hydrogen) atoms. The van der Waals surface area contributed by atoms with Gasteiger partial charge in [0.25, 0.3) is 0 Å². The van der Waals surface area contributed by atoms with Crippen LogP contribution in [0.3, 0.4) is 0 Å². The first-order valence-corrected chi connectivity index (χ1v) is 14.5. The van der Waals surface area contributed by atoms with E-state index in [1.807, 2.05) is 0 Å². The quantitative estimate of drug-likeness (QED) is 0.490. The summed E-state index contributed by atoms with van der Waals surface area (Å²) in [5.41, 5.74) is 0.821. The van der Waals surface area contributed by atoms with Crippen LogP contribution in [-0.4, -0.2) is 56.8 Å². The molecule has 2 aromatic carbocycles. The number of benzene rings is 2. The maximum Gasteiger partial charge on any atom is 0.244 e. The summed E-state index contributed by atoms with van der Waals surface area (Å²) in [7, 11) is -3.87. The van der Waals surface area contributed by atoms with Gasteiger partial charge in [-0.3, -0.25) is 13.9 Å². The Kier molecular flexibility index (Phi) is 8.40. The number of rotatable bonds is 9. The van der Waals surface area contributed by atoms with Crippen LogP contribution in [0.2, 0.25) is 10.0 Å². The van der Waals surface area contributed by atoms with Gasteiger partial charge in [-0.15, -0.1) is 0 Å². The van der Waals surface area contributed by atoms with Crippen molar-refractivity contribution in [1.82, 2.24) is 10.2 Å². The van der Waals surface area contributed by atoms with Crippen molar-refractivity contribution in [3.05, 3.63) is 52.0 Å². The monoisotopic (exact) mass is 569 g/mol. The summed E-state index contributed by atoms with van der Waals surface area (Å²) in [6.07, 6.45) is 4.88. The molecule has 1 fully saturated rings. The second kappa shape index (κ2) is 11.4. The van der Waals surface area contributed by atoms with Crippen molar-refractivity contribution in [2.24, 2.45) is 0 Å². The van der Waals surface area contributed by atoms with Gasteiger partial charge < -0.3 is 19.7 Å². The van der Waals surface area contributed by atoms with E-state index in [2.05, 4.69) is 5.32 Å². The average molecular weight is 570 g/mol. The van der Waals surface area contributed by atoms with Crippen molar-refractivity contribution in [3.8, 4) is 11.5 Å². The van der Waals surface area contributed by atoms with Crippen molar-refractivity contribution < 1.29 is 27.5 Å². The molecule has 9 nitrogen and oxygen atoms in total. The SMILES string of the molecule is C[C@H](C(=O)NC1CCCC1)N(Cc1ccc(Cl)cc1Cl)C(=O)CN(c1ccc2c(c1)OCO2)S(C)(=O)=O. The van der Waals surface area contributed by atoms with E-state index >= 15 is 0 Å². The van der Waals surface area contributed by atoms with E-state index < -0.39 is 28.5 Å². The minimum atomic E-state index is -3.87. The van der Waals surface area contributed by atoms with Gasteiger partial charge in [0.15, 0.2) is 11.5 Å². The Hall–Kier alpha value is -2.69. The van der Waals surface area contributed by atoms with Crippen LogP contribution in [0.25, 0.3) is 0 Å². The number of fused-ring (bicyclic) bond motifs is 1. The largest absolute Gasteiger partial charge is 0.454 e. The zero-order chi connectivity index (χ0) is 26.7. The van der Waals surface area contributed by atoms with Crippen molar-refractivity contribution in [1.29, 1.82) is 0 Å². The van der Waals surface area contributed by atoms with Gasteiger partial charge in [-0.05, 0) is 49.6 Å². The molecule has 4 rings (SSSR count). The third kappa shape index (κ3) is 6.61. The minimum absolute atomic E-state index is 0.00711. The van der Waals surface area contributed by atoms with Crippen LogP contribution >= 0.6 is 23.2 Å². The van der Waals surface area contributed by atoms with E-state index in [0.29, 0.717) is 27.1 Å². The van der Waals surface area contributed by atoms with Gasteiger partial charge in [-0.2, -0.15) is 0 Å². The number of carbonyl (C=O) groups is 2. The first-order chi connectivity index (χ1) is 17.5. The highest BCUT2D eigenvalue weighted by Crippen LogP contribution is 2.36. The van der Waals surface area contributed by atoms with Gasteiger partial charge in [-0.25, -0.2) is 8.42 Å². The number of amides is 2. The van der Waals surface area contributed by atoms with Crippen LogP contribution in [0, 0.1) is 0 Å². The summed E-state index contributed by atoms with van der Waals surface area (Å²) >= 11 is 12.4. The number of ether oxygens (including phenoxy) is 2. The van der Waals surface area contributed by atoms with Crippen LogP contribution in [0.15, 0.2) is 36.4 Å². The highest BCUT2D eigenvalue weighted by molar-refractivity contribution is 7.92. The van der Waals surface area contributed by atoms with Gasteiger partial charge in [0, 0.05) is 28.7 Å². The molecule has 200 valence electrons. The molecule has 2 aliphatic rings. The van der Waals surface area contributed by atoms with Crippen molar-refractivity contribution >= 4 is 50.7 Å². The van der Waals surface area contributed by atoms with Gasteiger partial charge in [0.1, 0.15) is 12.6 Å². The Morgan fingerprint density at radius 2 is 1.78 bits per heavy atom. The van der Waals surface area contributed by atoms with Crippen molar-refractivity contribution in [2.45, 2.75) is 51.2 Å². The van der Waals surface area contributed by atoms with Crippen LogP contribution in [0.4, 0.5) is 5.69 Å². The lowest BCUT2D eigenvalue weighted by atomic mass is 10.1. The summed E-state index contributed by atoms with van der Waals surface area (Å²) < 4.78 is 37.1. The van der Waals surface area contributed by atoms with Gasteiger partial charge in [0.2, 0.25) is 28.6 Å². The van der Waals surface area contributed by atoms with Crippen molar-refractivity contribution in [2.75, 3.05) is 23.9 Å². The molecule has 0 saturated heterocycles. The van der Waals surface area contributed by atoms with Gasteiger partial charge in [0.05, 0.1) is 11.9 Å². The molecule has 12 heteroatoms. The predicted octanol–water partition coefficient (Wildman–Crippen LogP) is 3.96. The third-order valence-corrected chi connectivity index (χ3v) is 8.28. The number of hydrogen-bond donors (Lipinski definition) is 1. The molecular formula is C25H29Cl2N3O6S. The molecule has 2 amide bonds. The second-order valence-electron chi connectivity index (χ2n) is 9.23. The maximum absolute atomic E-state index is 13.7. The summed E-state index contributed by atoms with van der Waals surface area (Å²) in [6.45, 7) is 1.12. The highest BCUT2D eigenvalue weighted by atomic mass is 35.5. The van der Waals surface area contributed by atoms with E-state index in [1.165, 1.54) is 11.0 Å². The normalized spacial score (nSPS) is 15.9. The molecule has 1 aliphatic heterocycles. The number of nitrogens with zero attached hydrogens (tertiary/aromatic N) is 2. The molecule has 1 N–H and O–H groups in total. The fourth-order valence-corrected chi connectivity index (χ4v) is 5.77. The zero-order valence-electron chi connectivity index (χ0n) is 20.6. The second-order valence-corrected chi connectivity index (χ2v) is 12.0. The molecule has 2 aromatic rings. The van der Waals surface area contributed by atoms with Crippen LogP contribution in [0.1, 0.15) is 38.2 Å². The molecule has 1 saturated carbocycles. The van der Waals surface area contributed by atoms with E-state index in [1.54, 1.807) is 37.3 Å². The number of sulfonamides is 1. The number of carbonyl (C=O) groups excluding carboxylic acids is 2. The number of anilines is 1. The Morgan fingerprint density at radius 3 is 2.46 bits per heavy atom. The van der Waals surface area contributed by atoms with E-state index in [-0.39, 0.29) is 31.0 Å². The number of nitrogens with one attached hydrogen (secondary N) is 1. The molecule has 0 spiro atoms. The Bertz CT molecular complexity index is 1280. The zero-order valence-corrected chi connectivity index (χ0v) is 22.9. The van der Waals surface area contributed by atoms with Crippen LogP contribution in [-0.2, 0) is 26.2 Å². The molecule has 0 unspecified atom stereocenters. The topological polar surface area (TPSA) is 105 Å². The molecule has 1 atom stereocenters. The fraction of sp³-hybridized carbons (Fsp3) is 0.440. The summed E-state index contributed by atoms with van der Waals surface area (Å²) in [5.74, 6) is -0.00467. The summed E-state index contributed by atoms with van der Waals surface area (Å²) in [5, 5.41) is 3.79. The van der Waals surface area contributed by atoms with Crippen LogP contribution in [0.5, 0.6) is 11.5 Å². The number of hydrogen-bond acceptors (Lipinski definition) is 6. The molecule has 0 bridgehead atoms. The molecule has 1 aliphatic carbocycles. The smallest absolute Gasteiger partial charge is 0.244 e. The third-order valence-electron chi connectivity index (χ3n) is 6.55. The van der Waals surface area contributed by atoms with Gasteiger partial charge >= 0.3 is 0 Å². The van der Waals surface area contributed by atoms with Crippen LogP contribution < -0.4 is 19.1 Å². The number of halogens is 2. The minimum Gasteiger partial charge on any atom is -0.454 e. The Balaban J connectivity index is 1.61. The first kappa shape index (κ1) is 27.3. The maximum atomic E-state index is 13.7. The lowest BCUT2D eigenvalue weighted by Crippen LogP contribution is -2.52. The summed E-state index contributed by atoms with van der Waals surface area (Å²) in [6, 6.07) is 8.70. The van der Waals surface area contributed by atoms with E-state index in [9.17, 15) is 18.0 Å².